The first-order chi connectivity index (χ1) is 13.4. The van der Waals surface area contributed by atoms with Gasteiger partial charge in [0, 0.05) is 11.6 Å². The average Bonchev–Trinajstić information content (AvgIpc) is 3.05. The van der Waals surface area contributed by atoms with Crippen molar-refractivity contribution >= 4 is 13.1 Å². The fourth-order valence-electron chi connectivity index (χ4n) is 4.82. The lowest BCUT2D eigenvalue weighted by atomic mass is 9.81. The van der Waals surface area contributed by atoms with Gasteiger partial charge in [-0.3, -0.25) is 4.90 Å². The molecule has 152 valence electrons. The van der Waals surface area contributed by atoms with Crippen LogP contribution in [0.2, 0.25) is 6.32 Å². The Morgan fingerprint density at radius 3 is 2.61 bits per heavy atom. The molecule has 0 radical (unpaired) electrons. The lowest BCUT2D eigenvalue weighted by molar-refractivity contribution is -0.133. The Morgan fingerprint density at radius 1 is 1.25 bits per heavy atom. The predicted molar refractivity (Wildman–Crippen MR) is 106 cm³/mol. The molecule has 5 nitrogen and oxygen atoms in total. The molecule has 1 aliphatic carbocycles. The topological polar surface area (TPSA) is 81.0 Å². The summed E-state index contributed by atoms with van der Waals surface area (Å²) < 4.78 is 13.7. The van der Waals surface area contributed by atoms with Crippen LogP contribution in [0.4, 0.5) is 4.39 Å². The summed E-state index contributed by atoms with van der Waals surface area (Å²) in [5, 5.41) is 27.7. The fourth-order valence-corrected chi connectivity index (χ4v) is 4.82. The highest BCUT2D eigenvalue weighted by molar-refractivity contribution is 6.40. The minimum absolute atomic E-state index is 0.0150. The molecule has 1 aromatic rings. The van der Waals surface area contributed by atoms with Crippen molar-refractivity contribution in [2.24, 2.45) is 5.92 Å². The highest BCUT2D eigenvalue weighted by atomic mass is 19.1. The maximum Gasteiger partial charge on any atom is 0.451 e. The number of aliphatic carboxylic acids is 1. The maximum atomic E-state index is 13.7. The molecule has 7 heteroatoms. The minimum Gasteiger partial charge on any atom is -0.478 e. The van der Waals surface area contributed by atoms with Crippen LogP contribution < -0.4 is 0 Å². The summed E-state index contributed by atoms with van der Waals surface area (Å²) in [6.07, 6.45) is 4.90. The largest absolute Gasteiger partial charge is 0.478 e. The first-order valence-corrected chi connectivity index (χ1v) is 10.2. The average molecular weight is 389 g/mol. The number of halogens is 1. The summed E-state index contributed by atoms with van der Waals surface area (Å²) in [6.45, 7) is 3.46. The smallest absolute Gasteiger partial charge is 0.451 e. The SMILES string of the molecule is C/C(CCCB(O)O)=C(\C(=O)O)C1CCN(C2CCc3ccc(F)cc32)CC1. The van der Waals surface area contributed by atoms with E-state index in [0.29, 0.717) is 18.4 Å². The van der Waals surface area contributed by atoms with Gasteiger partial charge >= 0.3 is 13.1 Å². The minimum atomic E-state index is -1.34. The lowest BCUT2D eigenvalue weighted by Crippen LogP contribution is -2.37. The number of carbonyl (C=O) groups is 1. The van der Waals surface area contributed by atoms with E-state index >= 15 is 0 Å². The zero-order chi connectivity index (χ0) is 20.3. The summed E-state index contributed by atoms with van der Waals surface area (Å²) in [4.78, 5) is 14.2. The number of piperidine rings is 1. The van der Waals surface area contributed by atoms with Crippen LogP contribution in [-0.2, 0) is 11.2 Å². The Hall–Kier alpha value is -1.70. The third kappa shape index (κ3) is 4.83. The molecule has 1 atom stereocenters. The molecule has 1 fully saturated rings. The van der Waals surface area contributed by atoms with Gasteiger partial charge in [0.15, 0.2) is 0 Å². The number of carboxylic acids is 1. The molecule has 1 heterocycles. The van der Waals surface area contributed by atoms with Gasteiger partial charge in [0.25, 0.3) is 0 Å². The number of allylic oxidation sites excluding steroid dienone is 1. The van der Waals surface area contributed by atoms with Gasteiger partial charge in [0.1, 0.15) is 5.82 Å². The molecule has 0 saturated carbocycles. The van der Waals surface area contributed by atoms with Crippen LogP contribution in [0.3, 0.4) is 0 Å². The third-order valence-electron chi connectivity index (χ3n) is 6.24. The van der Waals surface area contributed by atoms with Gasteiger partial charge < -0.3 is 15.2 Å². The van der Waals surface area contributed by atoms with Crippen molar-refractivity contribution in [1.82, 2.24) is 4.90 Å². The Morgan fingerprint density at radius 2 is 1.96 bits per heavy atom. The first kappa shape index (κ1) is 21.0. The van der Waals surface area contributed by atoms with E-state index in [1.807, 2.05) is 13.0 Å². The molecule has 0 amide bonds. The molecule has 1 aliphatic heterocycles. The Balaban J connectivity index is 1.64. The van der Waals surface area contributed by atoms with Crippen molar-refractivity contribution in [3.63, 3.8) is 0 Å². The number of benzene rings is 1. The number of nitrogens with zero attached hydrogens (tertiary/aromatic N) is 1. The number of rotatable bonds is 7. The number of aryl methyl sites for hydroxylation is 1. The Kier molecular flexibility index (Phi) is 6.91. The fraction of sp³-hybridized carbons (Fsp3) is 0.571. The van der Waals surface area contributed by atoms with Crippen LogP contribution in [0.15, 0.2) is 29.3 Å². The molecular weight excluding hydrogens is 360 g/mol. The second-order valence-corrected chi connectivity index (χ2v) is 8.08. The summed E-state index contributed by atoms with van der Waals surface area (Å²) in [5.74, 6) is -1.05. The van der Waals surface area contributed by atoms with E-state index in [1.54, 1.807) is 6.07 Å². The van der Waals surface area contributed by atoms with Gasteiger partial charge in [-0.15, -0.1) is 0 Å². The maximum absolute atomic E-state index is 13.7. The zero-order valence-electron chi connectivity index (χ0n) is 16.4. The quantitative estimate of drug-likeness (QED) is 0.493. The first-order valence-electron chi connectivity index (χ1n) is 10.2. The van der Waals surface area contributed by atoms with E-state index in [1.165, 1.54) is 11.6 Å². The number of hydrogen-bond acceptors (Lipinski definition) is 4. The summed E-state index contributed by atoms with van der Waals surface area (Å²) in [7, 11) is -1.34. The number of carboxylic acid groups (broad SMARTS) is 1. The number of fused-ring (bicyclic) bond motifs is 1. The van der Waals surface area contributed by atoms with Crippen molar-refractivity contribution < 1.29 is 24.3 Å². The highest BCUT2D eigenvalue weighted by Crippen LogP contribution is 2.39. The van der Waals surface area contributed by atoms with Crippen LogP contribution in [0.25, 0.3) is 0 Å². The second kappa shape index (κ2) is 9.20. The standard InChI is InChI=1S/C21H29BFNO4/c1-14(3-2-10-22(27)28)20(21(25)26)16-8-11-24(12-9-16)19-7-5-15-4-6-17(23)13-18(15)19/h4,6,13,16,19,27-28H,2-3,5,7-12H2,1H3,(H,25,26)/b20-14+. The van der Waals surface area contributed by atoms with Crippen LogP contribution in [0.5, 0.6) is 0 Å². The van der Waals surface area contributed by atoms with Crippen LogP contribution in [-0.4, -0.2) is 46.2 Å². The lowest BCUT2D eigenvalue weighted by Gasteiger charge is -2.37. The van der Waals surface area contributed by atoms with Crippen LogP contribution in [0, 0.1) is 11.7 Å². The van der Waals surface area contributed by atoms with Gasteiger partial charge in [-0.05, 0) is 87.6 Å². The van der Waals surface area contributed by atoms with E-state index in [4.69, 9.17) is 10.0 Å². The molecule has 0 bridgehead atoms. The number of likely N-dealkylation sites (tertiary alicyclic amines) is 1. The molecule has 3 rings (SSSR count). The van der Waals surface area contributed by atoms with Gasteiger partial charge in [0.05, 0.1) is 0 Å². The van der Waals surface area contributed by atoms with Gasteiger partial charge in [0.2, 0.25) is 0 Å². The van der Waals surface area contributed by atoms with Gasteiger partial charge in [-0.1, -0.05) is 18.1 Å². The van der Waals surface area contributed by atoms with E-state index in [0.717, 1.165) is 49.9 Å². The molecule has 2 aliphatic rings. The van der Waals surface area contributed by atoms with E-state index < -0.39 is 13.1 Å². The van der Waals surface area contributed by atoms with Crippen molar-refractivity contribution in [3.8, 4) is 0 Å². The highest BCUT2D eigenvalue weighted by Gasteiger charge is 2.33. The van der Waals surface area contributed by atoms with Gasteiger partial charge in [-0.25, -0.2) is 9.18 Å². The monoisotopic (exact) mass is 389 g/mol. The third-order valence-corrected chi connectivity index (χ3v) is 6.24. The van der Waals surface area contributed by atoms with Crippen LogP contribution >= 0.6 is 0 Å². The van der Waals surface area contributed by atoms with Gasteiger partial charge in [-0.2, -0.15) is 0 Å². The zero-order valence-corrected chi connectivity index (χ0v) is 16.4. The predicted octanol–water partition coefficient (Wildman–Crippen LogP) is 3.18. The van der Waals surface area contributed by atoms with Crippen LogP contribution in [0.1, 0.15) is 56.2 Å². The molecule has 1 saturated heterocycles. The molecule has 1 unspecified atom stereocenters. The Labute approximate surface area is 166 Å². The normalized spacial score (nSPS) is 21.4. The molecule has 1 aromatic carbocycles. The van der Waals surface area contributed by atoms with Crippen molar-refractivity contribution in [1.29, 1.82) is 0 Å². The molecule has 3 N–H and O–H groups in total. The molecule has 28 heavy (non-hydrogen) atoms. The molecule has 0 aromatic heterocycles. The summed E-state index contributed by atoms with van der Waals surface area (Å²) >= 11 is 0. The van der Waals surface area contributed by atoms with Crippen molar-refractivity contribution in [2.45, 2.75) is 57.8 Å². The summed E-state index contributed by atoms with van der Waals surface area (Å²) in [6, 6.07) is 5.29. The van der Waals surface area contributed by atoms with E-state index in [-0.39, 0.29) is 24.1 Å². The Bertz CT molecular complexity index is 744. The van der Waals surface area contributed by atoms with E-state index in [9.17, 15) is 14.3 Å². The second-order valence-electron chi connectivity index (χ2n) is 8.08. The van der Waals surface area contributed by atoms with E-state index in [2.05, 4.69) is 4.90 Å². The van der Waals surface area contributed by atoms with Crippen molar-refractivity contribution in [2.75, 3.05) is 13.1 Å². The molecular formula is C21H29BFNO4. The van der Waals surface area contributed by atoms with Crippen molar-refractivity contribution in [3.05, 3.63) is 46.3 Å². The molecule has 0 spiro atoms. The number of hydrogen-bond donors (Lipinski definition) is 3. The summed E-state index contributed by atoms with van der Waals surface area (Å²) in [5.41, 5.74) is 3.64.